The molecule has 1 amide bonds. The molecule has 1 aromatic heterocycles. The van der Waals surface area contributed by atoms with Crippen molar-refractivity contribution in [1.82, 2.24) is 5.32 Å². The highest BCUT2D eigenvalue weighted by Crippen LogP contribution is 2.22. The van der Waals surface area contributed by atoms with Crippen LogP contribution in [0.1, 0.15) is 43.4 Å². The van der Waals surface area contributed by atoms with Crippen molar-refractivity contribution < 1.29 is 4.79 Å². The monoisotopic (exact) mass is 252 g/mol. The van der Waals surface area contributed by atoms with Gasteiger partial charge in [0.05, 0.1) is 5.92 Å². The van der Waals surface area contributed by atoms with Crippen molar-refractivity contribution in [2.75, 3.05) is 0 Å². The minimum Gasteiger partial charge on any atom is -0.353 e. The van der Waals surface area contributed by atoms with Gasteiger partial charge in [0.2, 0.25) is 5.91 Å². The predicted octanol–water partition coefficient (Wildman–Crippen LogP) is 2.24. The Bertz CT molecular complexity index is 356. The molecule has 3 nitrogen and oxygen atoms in total. The molecule has 1 aromatic rings. The van der Waals surface area contributed by atoms with E-state index in [0.717, 1.165) is 30.6 Å². The average molecular weight is 252 g/mol. The van der Waals surface area contributed by atoms with E-state index in [1.54, 1.807) is 11.3 Å². The molecule has 2 rings (SSSR count). The molecule has 0 bridgehead atoms. The molecular weight excluding hydrogens is 232 g/mol. The predicted molar refractivity (Wildman–Crippen MR) is 71.1 cm³/mol. The molecule has 0 aliphatic heterocycles. The van der Waals surface area contributed by atoms with Gasteiger partial charge in [-0.3, -0.25) is 4.79 Å². The van der Waals surface area contributed by atoms with Crippen LogP contribution in [0.4, 0.5) is 0 Å². The summed E-state index contributed by atoms with van der Waals surface area (Å²) >= 11 is 1.64. The number of hydrogen-bond donors (Lipinski definition) is 2. The van der Waals surface area contributed by atoms with Gasteiger partial charge in [-0.05, 0) is 44.1 Å². The van der Waals surface area contributed by atoms with Gasteiger partial charge < -0.3 is 11.1 Å². The molecule has 0 saturated heterocycles. The lowest BCUT2D eigenvalue weighted by Gasteiger charge is -2.27. The van der Waals surface area contributed by atoms with E-state index in [-0.39, 0.29) is 11.8 Å². The SMILES string of the molecule is CC(C(=O)NC1CCC(N)CC1)c1cccs1. The second kappa shape index (κ2) is 5.65. The van der Waals surface area contributed by atoms with Gasteiger partial charge in [0, 0.05) is 17.0 Å². The highest BCUT2D eigenvalue weighted by Gasteiger charge is 2.23. The number of thiophene rings is 1. The van der Waals surface area contributed by atoms with Crippen molar-refractivity contribution in [3.63, 3.8) is 0 Å². The van der Waals surface area contributed by atoms with Crippen LogP contribution in [0.25, 0.3) is 0 Å². The molecule has 4 heteroatoms. The molecular formula is C13H20N2OS. The summed E-state index contributed by atoms with van der Waals surface area (Å²) in [6, 6.07) is 4.66. The molecule has 1 heterocycles. The molecule has 0 radical (unpaired) electrons. The number of nitrogens with two attached hydrogens (primary N) is 1. The Labute approximate surface area is 106 Å². The van der Waals surface area contributed by atoms with Gasteiger partial charge >= 0.3 is 0 Å². The van der Waals surface area contributed by atoms with Crippen LogP contribution in [0.15, 0.2) is 17.5 Å². The Morgan fingerprint density at radius 2 is 2.18 bits per heavy atom. The van der Waals surface area contributed by atoms with Gasteiger partial charge in [0.1, 0.15) is 0 Å². The molecule has 1 fully saturated rings. The lowest BCUT2D eigenvalue weighted by atomic mass is 9.91. The van der Waals surface area contributed by atoms with Crippen LogP contribution in [0.2, 0.25) is 0 Å². The van der Waals surface area contributed by atoms with Crippen LogP contribution in [0.5, 0.6) is 0 Å². The third kappa shape index (κ3) is 3.30. The quantitative estimate of drug-likeness (QED) is 0.867. The normalized spacial score (nSPS) is 26.5. The van der Waals surface area contributed by atoms with E-state index in [0.29, 0.717) is 12.1 Å². The van der Waals surface area contributed by atoms with E-state index < -0.39 is 0 Å². The van der Waals surface area contributed by atoms with Crippen molar-refractivity contribution in [3.8, 4) is 0 Å². The molecule has 0 aromatic carbocycles. The first-order chi connectivity index (χ1) is 8.16. The second-order valence-electron chi connectivity index (χ2n) is 4.86. The molecule has 1 atom stereocenters. The van der Waals surface area contributed by atoms with E-state index in [1.165, 1.54) is 0 Å². The first-order valence-electron chi connectivity index (χ1n) is 6.26. The van der Waals surface area contributed by atoms with Crippen LogP contribution >= 0.6 is 11.3 Å². The first kappa shape index (κ1) is 12.6. The molecule has 3 N–H and O–H groups in total. The van der Waals surface area contributed by atoms with Crippen molar-refractivity contribution in [2.24, 2.45) is 5.73 Å². The number of carbonyl (C=O) groups excluding carboxylic acids is 1. The molecule has 1 unspecified atom stereocenters. The highest BCUT2D eigenvalue weighted by atomic mass is 32.1. The van der Waals surface area contributed by atoms with Gasteiger partial charge in [-0.2, -0.15) is 0 Å². The number of amides is 1. The summed E-state index contributed by atoms with van der Waals surface area (Å²) in [7, 11) is 0. The van der Waals surface area contributed by atoms with Crippen molar-refractivity contribution >= 4 is 17.2 Å². The average Bonchev–Trinajstić information content (AvgIpc) is 2.84. The minimum atomic E-state index is -0.0365. The maximum Gasteiger partial charge on any atom is 0.228 e. The summed E-state index contributed by atoms with van der Waals surface area (Å²) in [5.74, 6) is 0.110. The molecule has 1 aliphatic rings. The van der Waals surface area contributed by atoms with E-state index in [1.807, 2.05) is 24.4 Å². The van der Waals surface area contributed by atoms with Crippen molar-refractivity contribution in [3.05, 3.63) is 22.4 Å². The van der Waals surface area contributed by atoms with E-state index in [4.69, 9.17) is 5.73 Å². The Morgan fingerprint density at radius 3 is 2.76 bits per heavy atom. The fraction of sp³-hybridized carbons (Fsp3) is 0.615. The maximum absolute atomic E-state index is 12.1. The Kier molecular flexibility index (Phi) is 4.18. The van der Waals surface area contributed by atoms with Crippen molar-refractivity contribution in [2.45, 2.75) is 50.6 Å². The van der Waals surface area contributed by atoms with Crippen molar-refractivity contribution in [1.29, 1.82) is 0 Å². The zero-order valence-electron chi connectivity index (χ0n) is 10.2. The largest absolute Gasteiger partial charge is 0.353 e. The van der Waals surface area contributed by atoms with Crippen LogP contribution < -0.4 is 11.1 Å². The summed E-state index contributed by atoms with van der Waals surface area (Å²) < 4.78 is 0. The Hall–Kier alpha value is -0.870. The fourth-order valence-electron chi connectivity index (χ4n) is 2.26. The second-order valence-corrected chi connectivity index (χ2v) is 5.84. The molecule has 1 saturated carbocycles. The van der Waals surface area contributed by atoms with Gasteiger partial charge in [0.15, 0.2) is 0 Å². The van der Waals surface area contributed by atoms with Gasteiger partial charge in [0.25, 0.3) is 0 Å². The van der Waals surface area contributed by atoms with E-state index in [2.05, 4.69) is 5.32 Å². The van der Waals surface area contributed by atoms with Crippen LogP contribution in [-0.4, -0.2) is 18.0 Å². The van der Waals surface area contributed by atoms with E-state index >= 15 is 0 Å². The number of rotatable bonds is 3. The first-order valence-corrected chi connectivity index (χ1v) is 7.14. The molecule has 94 valence electrons. The van der Waals surface area contributed by atoms with Crippen LogP contribution in [0, 0.1) is 0 Å². The van der Waals surface area contributed by atoms with Gasteiger partial charge in [-0.1, -0.05) is 6.07 Å². The highest BCUT2D eigenvalue weighted by molar-refractivity contribution is 7.10. The third-order valence-electron chi connectivity index (χ3n) is 3.48. The summed E-state index contributed by atoms with van der Waals surface area (Å²) in [6.07, 6.45) is 4.09. The lowest BCUT2D eigenvalue weighted by Crippen LogP contribution is -2.41. The number of nitrogens with one attached hydrogen (secondary N) is 1. The lowest BCUT2D eigenvalue weighted by molar-refractivity contribution is -0.123. The molecule has 1 aliphatic carbocycles. The third-order valence-corrected chi connectivity index (χ3v) is 4.54. The van der Waals surface area contributed by atoms with E-state index in [9.17, 15) is 4.79 Å². The zero-order chi connectivity index (χ0) is 12.3. The van der Waals surface area contributed by atoms with Crippen LogP contribution in [0.3, 0.4) is 0 Å². The summed E-state index contributed by atoms with van der Waals surface area (Å²) in [5.41, 5.74) is 5.85. The summed E-state index contributed by atoms with van der Waals surface area (Å²) in [4.78, 5) is 13.2. The molecule has 17 heavy (non-hydrogen) atoms. The topological polar surface area (TPSA) is 55.1 Å². The summed E-state index contributed by atoms with van der Waals surface area (Å²) in [6.45, 7) is 1.97. The Morgan fingerprint density at radius 1 is 1.47 bits per heavy atom. The van der Waals surface area contributed by atoms with Gasteiger partial charge in [-0.15, -0.1) is 11.3 Å². The fourth-order valence-corrected chi connectivity index (χ4v) is 3.04. The zero-order valence-corrected chi connectivity index (χ0v) is 11.0. The summed E-state index contributed by atoms with van der Waals surface area (Å²) in [5, 5.41) is 5.15. The maximum atomic E-state index is 12.1. The Balaban J connectivity index is 1.85. The van der Waals surface area contributed by atoms with Crippen LogP contribution in [-0.2, 0) is 4.79 Å². The van der Waals surface area contributed by atoms with Gasteiger partial charge in [-0.25, -0.2) is 0 Å². The minimum absolute atomic E-state index is 0.0365. The number of carbonyl (C=O) groups is 1. The smallest absolute Gasteiger partial charge is 0.228 e. The standard InChI is InChI=1S/C13H20N2OS/c1-9(12-3-2-8-17-12)13(16)15-11-6-4-10(14)5-7-11/h2-3,8-11H,4-7,14H2,1H3,(H,15,16). The number of hydrogen-bond acceptors (Lipinski definition) is 3. The molecule has 0 spiro atoms.